The van der Waals surface area contributed by atoms with Crippen LogP contribution in [-0.2, 0) is 6.54 Å². The van der Waals surface area contributed by atoms with Crippen LogP contribution in [0.4, 0.5) is 0 Å². The number of fused-ring (bicyclic) bond motifs is 1. The zero-order chi connectivity index (χ0) is 17.4. The van der Waals surface area contributed by atoms with Crippen LogP contribution >= 0.6 is 11.6 Å². The number of hydrogen-bond donors (Lipinski definition) is 1. The van der Waals surface area contributed by atoms with Crippen LogP contribution in [0.5, 0.6) is 0 Å². The first-order chi connectivity index (χ1) is 12.1. The molecule has 25 heavy (non-hydrogen) atoms. The number of halogens is 1. The molecular weight excluding hydrogens is 338 g/mol. The van der Waals surface area contributed by atoms with Crippen LogP contribution in [0.15, 0.2) is 53.6 Å². The minimum atomic E-state index is -0.209. The molecule has 0 aliphatic rings. The van der Waals surface area contributed by atoms with E-state index in [1.165, 1.54) is 0 Å². The van der Waals surface area contributed by atoms with Gasteiger partial charge in [-0.2, -0.15) is 5.10 Å². The van der Waals surface area contributed by atoms with Gasteiger partial charge in [0, 0.05) is 23.0 Å². The summed E-state index contributed by atoms with van der Waals surface area (Å²) in [7, 11) is 0. The standard InChI is InChI=1S/C18H14ClN5O/c1-11-15-17(24(23-11)10-13-4-2-3-5-14(13)19)21-16(22-18(15)25)12-6-8-20-9-7-12/h2-9H,10H2,1H3,(H,21,22,25). The first-order valence-corrected chi connectivity index (χ1v) is 8.12. The van der Waals surface area contributed by atoms with E-state index in [2.05, 4.69) is 20.1 Å². The molecule has 0 atom stereocenters. The van der Waals surface area contributed by atoms with Crippen molar-refractivity contribution < 1.29 is 0 Å². The number of hydrogen-bond acceptors (Lipinski definition) is 4. The summed E-state index contributed by atoms with van der Waals surface area (Å²) in [5.41, 5.74) is 2.67. The number of aromatic nitrogens is 5. The first kappa shape index (κ1) is 15.5. The molecular formula is C18H14ClN5O. The second kappa shape index (κ2) is 6.14. The molecule has 0 saturated heterocycles. The average Bonchev–Trinajstić information content (AvgIpc) is 2.94. The maximum absolute atomic E-state index is 12.5. The molecule has 4 rings (SSSR count). The number of rotatable bonds is 3. The van der Waals surface area contributed by atoms with Crippen LogP contribution < -0.4 is 5.56 Å². The highest BCUT2D eigenvalue weighted by Gasteiger charge is 2.15. The van der Waals surface area contributed by atoms with Crippen molar-refractivity contribution in [1.82, 2.24) is 24.7 Å². The molecule has 4 aromatic rings. The van der Waals surface area contributed by atoms with Gasteiger partial charge >= 0.3 is 0 Å². The summed E-state index contributed by atoms with van der Waals surface area (Å²) in [5, 5.41) is 5.63. The molecule has 3 heterocycles. The fourth-order valence-electron chi connectivity index (χ4n) is 2.80. The van der Waals surface area contributed by atoms with E-state index in [9.17, 15) is 4.79 Å². The van der Waals surface area contributed by atoms with Gasteiger partial charge in [0.25, 0.3) is 5.56 Å². The van der Waals surface area contributed by atoms with Crippen LogP contribution in [0.1, 0.15) is 11.3 Å². The van der Waals surface area contributed by atoms with Crippen molar-refractivity contribution in [3.63, 3.8) is 0 Å². The summed E-state index contributed by atoms with van der Waals surface area (Å²) in [5.74, 6) is 0.486. The van der Waals surface area contributed by atoms with Gasteiger partial charge in [-0.05, 0) is 30.7 Å². The van der Waals surface area contributed by atoms with Gasteiger partial charge in [-0.25, -0.2) is 9.67 Å². The second-order valence-electron chi connectivity index (χ2n) is 5.68. The Bertz CT molecular complexity index is 1120. The molecule has 6 nitrogen and oxygen atoms in total. The van der Waals surface area contributed by atoms with E-state index in [0.29, 0.717) is 34.1 Å². The minimum absolute atomic E-state index is 0.209. The Morgan fingerprint density at radius 3 is 2.68 bits per heavy atom. The molecule has 0 unspecified atom stereocenters. The Morgan fingerprint density at radius 2 is 1.92 bits per heavy atom. The largest absolute Gasteiger partial charge is 0.306 e. The second-order valence-corrected chi connectivity index (χ2v) is 6.09. The number of nitrogens with one attached hydrogen (secondary N) is 1. The van der Waals surface area contributed by atoms with Gasteiger partial charge in [-0.3, -0.25) is 9.78 Å². The number of H-pyrrole nitrogens is 1. The quantitative estimate of drug-likeness (QED) is 0.615. The lowest BCUT2D eigenvalue weighted by Crippen LogP contribution is -2.11. The Morgan fingerprint density at radius 1 is 1.16 bits per heavy atom. The van der Waals surface area contributed by atoms with E-state index >= 15 is 0 Å². The molecule has 0 spiro atoms. The SMILES string of the molecule is Cc1nn(Cc2ccccc2Cl)c2nc(-c3ccncc3)[nH]c(=O)c12. The van der Waals surface area contributed by atoms with Gasteiger partial charge in [0.1, 0.15) is 11.2 Å². The third kappa shape index (κ3) is 2.81. The lowest BCUT2D eigenvalue weighted by Gasteiger charge is -2.06. The summed E-state index contributed by atoms with van der Waals surface area (Å²) in [6, 6.07) is 11.2. The lowest BCUT2D eigenvalue weighted by atomic mass is 10.2. The molecule has 0 fully saturated rings. The van der Waals surface area contributed by atoms with Crippen molar-refractivity contribution in [3.05, 3.63) is 75.4 Å². The third-order valence-electron chi connectivity index (χ3n) is 4.01. The summed E-state index contributed by atoms with van der Waals surface area (Å²) in [6.07, 6.45) is 3.32. The van der Waals surface area contributed by atoms with Crippen LogP contribution in [-0.4, -0.2) is 24.7 Å². The smallest absolute Gasteiger partial charge is 0.262 e. The highest BCUT2D eigenvalue weighted by molar-refractivity contribution is 6.31. The van der Waals surface area contributed by atoms with E-state index in [-0.39, 0.29) is 5.56 Å². The predicted molar refractivity (Wildman–Crippen MR) is 96.7 cm³/mol. The molecule has 3 aromatic heterocycles. The van der Waals surface area contributed by atoms with Crippen LogP contribution in [0.25, 0.3) is 22.4 Å². The maximum atomic E-state index is 12.5. The van der Waals surface area contributed by atoms with Crippen molar-refractivity contribution in [3.8, 4) is 11.4 Å². The number of aryl methyl sites for hydroxylation is 1. The van der Waals surface area contributed by atoms with E-state index < -0.39 is 0 Å². The Kier molecular flexibility index (Phi) is 3.82. The summed E-state index contributed by atoms with van der Waals surface area (Å²) >= 11 is 6.25. The molecule has 7 heteroatoms. The highest BCUT2D eigenvalue weighted by Crippen LogP contribution is 2.21. The van der Waals surface area contributed by atoms with E-state index in [1.807, 2.05) is 24.3 Å². The normalized spacial score (nSPS) is 11.1. The van der Waals surface area contributed by atoms with E-state index in [0.717, 1.165) is 11.1 Å². The lowest BCUT2D eigenvalue weighted by molar-refractivity contribution is 0.696. The molecule has 0 bridgehead atoms. The van der Waals surface area contributed by atoms with Gasteiger partial charge < -0.3 is 4.98 Å². The topological polar surface area (TPSA) is 76.5 Å². The fraction of sp³-hybridized carbons (Fsp3) is 0.111. The van der Waals surface area contributed by atoms with Crippen molar-refractivity contribution in [2.75, 3.05) is 0 Å². The third-order valence-corrected chi connectivity index (χ3v) is 4.38. The Labute approximate surface area is 148 Å². The number of aromatic amines is 1. The van der Waals surface area contributed by atoms with Gasteiger partial charge in [0.05, 0.1) is 12.2 Å². The van der Waals surface area contributed by atoms with Crippen molar-refractivity contribution in [2.45, 2.75) is 13.5 Å². The predicted octanol–water partition coefficient (Wildman–Crippen LogP) is 3.19. The monoisotopic (exact) mass is 351 g/mol. The van der Waals surface area contributed by atoms with Crippen LogP contribution in [0, 0.1) is 6.92 Å². The average molecular weight is 352 g/mol. The fourth-order valence-corrected chi connectivity index (χ4v) is 2.99. The van der Waals surface area contributed by atoms with Crippen molar-refractivity contribution in [2.24, 2.45) is 0 Å². The van der Waals surface area contributed by atoms with Gasteiger partial charge in [0.2, 0.25) is 0 Å². The first-order valence-electron chi connectivity index (χ1n) is 7.75. The van der Waals surface area contributed by atoms with Crippen LogP contribution in [0.3, 0.4) is 0 Å². The van der Waals surface area contributed by atoms with Crippen LogP contribution in [0.2, 0.25) is 5.02 Å². The Hall–Kier alpha value is -2.99. The molecule has 0 aliphatic carbocycles. The molecule has 0 radical (unpaired) electrons. The number of nitrogens with zero attached hydrogens (tertiary/aromatic N) is 4. The maximum Gasteiger partial charge on any atom is 0.262 e. The number of benzene rings is 1. The van der Waals surface area contributed by atoms with E-state index in [1.54, 1.807) is 36.1 Å². The zero-order valence-corrected chi connectivity index (χ0v) is 14.2. The van der Waals surface area contributed by atoms with Gasteiger partial charge in [-0.1, -0.05) is 29.8 Å². The summed E-state index contributed by atoms with van der Waals surface area (Å²) < 4.78 is 1.71. The highest BCUT2D eigenvalue weighted by atomic mass is 35.5. The summed E-state index contributed by atoms with van der Waals surface area (Å²) in [6.45, 7) is 2.24. The molecule has 1 N–H and O–H groups in total. The Balaban J connectivity index is 1.90. The molecule has 1 aromatic carbocycles. The summed E-state index contributed by atoms with van der Waals surface area (Å²) in [4.78, 5) is 24.0. The molecule has 0 amide bonds. The minimum Gasteiger partial charge on any atom is -0.306 e. The van der Waals surface area contributed by atoms with Crippen molar-refractivity contribution in [1.29, 1.82) is 0 Å². The molecule has 124 valence electrons. The molecule has 0 saturated carbocycles. The number of pyridine rings is 1. The van der Waals surface area contributed by atoms with Crippen molar-refractivity contribution >= 4 is 22.6 Å². The van der Waals surface area contributed by atoms with Gasteiger partial charge in [0.15, 0.2) is 5.65 Å². The van der Waals surface area contributed by atoms with E-state index in [4.69, 9.17) is 11.6 Å². The zero-order valence-electron chi connectivity index (χ0n) is 13.4. The molecule has 0 aliphatic heterocycles. The van der Waals surface area contributed by atoms with Gasteiger partial charge in [-0.15, -0.1) is 0 Å².